The fraction of sp³-hybridized carbons (Fsp3) is 0.231. The van der Waals surface area contributed by atoms with Crippen LogP contribution in [-0.4, -0.2) is 39.9 Å². The van der Waals surface area contributed by atoms with Gasteiger partial charge in [-0.1, -0.05) is 34.1 Å². The molecule has 1 aliphatic rings. The summed E-state index contributed by atoms with van der Waals surface area (Å²) in [7, 11) is -2.49. The summed E-state index contributed by atoms with van der Waals surface area (Å²) in [6.07, 6.45) is 1.24. The van der Waals surface area contributed by atoms with Gasteiger partial charge >= 0.3 is 0 Å². The zero-order chi connectivity index (χ0) is 26.0. The van der Waals surface area contributed by atoms with E-state index < -0.39 is 22.0 Å². The minimum Gasteiger partial charge on any atom is -0.340 e. The number of hydrogen-bond donors (Lipinski definition) is 1. The Morgan fingerprint density at radius 2 is 1.72 bits per heavy atom. The molecule has 1 fully saturated rings. The van der Waals surface area contributed by atoms with E-state index in [1.165, 1.54) is 25.2 Å². The van der Waals surface area contributed by atoms with Crippen LogP contribution in [0.25, 0.3) is 0 Å². The highest BCUT2D eigenvalue weighted by atomic mass is 79.9. The Morgan fingerprint density at radius 1 is 1.03 bits per heavy atom. The molecule has 1 saturated heterocycles. The highest BCUT2D eigenvalue weighted by Gasteiger charge is 2.32. The first-order valence-electron chi connectivity index (χ1n) is 11.3. The molecule has 7 nitrogen and oxygen atoms in total. The number of sulfonamides is 1. The number of aryl methyl sites for hydroxylation is 1. The van der Waals surface area contributed by atoms with Gasteiger partial charge in [0, 0.05) is 33.8 Å². The number of halogens is 2. The van der Waals surface area contributed by atoms with Gasteiger partial charge in [-0.15, -0.1) is 0 Å². The van der Waals surface area contributed by atoms with Crippen LogP contribution in [0.4, 0.5) is 11.4 Å². The molecule has 3 aromatic rings. The highest BCUT2D eigenvalue weighted by Crippen LogP contribution is 2.29. The van der Waals surface area contributed by atoms with Crippen LogP contribution in [0, 0.1) is 6.92 Å². The predicted molar refractivity (Wildman–Crippen MR) is 148 cm³/mol. The minimum absolute atomic E-state index is 0.0385. The number of hydrogen-bond acceptors (Lipinski definition) is 4. The number of nitrogens with zero attached hydrogens (tertiary/aromatic N) is 2. The Balaban J connectivity index is 1.55. The van der Waals surface area contributed by atoms with Crippen LogP contribution in [0.5, 0.6) is 0 Å². The predicted octanol–water partition coefficient (Wildman–Crippen LogP) is 5.27. The lowest BCUT2D eigenvalue weighted by atomic mass is 10.0. The molecule has 0 spiro atoms. The third-order valence-electron chi connectivity index (χ3n) is 6.15. The van der Waals surface area contributed by atoms with E-state index in [0.29, 0.717) is 23.1 Å². The van der Waals surface area contributed by atoms with Crippen molar-refractivity contribution in [1.82, 2.24) is 5.32 Å². The number of amides is 2. The fourth-order valence-corrected chi connectivity index (χ4v) is 6.46. The Morgan fingerprint density at radius 3 is 2.42 bits per heavy atom. The van der Waals surface area contributed by atoms with Crippen LogP contribution in [-0.2, 0) is 14.8 Å². The van der Waals surface area contributed by atoms with E-state index >= 15 is 0 Å². The third-order valence-corrected chi connectivity index (χ3v) is 9.82. The molecule has 1 atom stereocenters. The van der Waals surface area contributed by atoms with Gasteiger partial charge in [0.25, 0.3) is 15.9 Å². The maximum Gasteiger partial charge on any atom is 0.265 e. The van der Waals surface area contributed by atoms with Crippen LogP contribution in [0.1, 0.15) is 28.8 Å². The molecule has 0 aromatic heterocycles. The van der Waals surface area contributed by atoms with E-state index in [9.17, 15) is 18.0 Å². The number of piperidine rings is 1. The first-order chi connectivity index (χ1) is 17.1. The molecule has 2 amide bonds. The lowest BCUT2D eigenvalue weighted by Crippen LogP contribution is -2.52. The molecular formula is C26H25Br2N3O4S. The number of anilines is 2. The van der Waals surface area contributed by atoms with Crippen molar-refractivity contribution in [2.24, 2.45) is 0 Å². The Kier molecular flexibility index (Phi) is 7.87. The summed E-state index contributed by atoms with van der Waals surface area (Å²) < 4.78 is 29.1. The Labute approximate surface area is 227 Å². The molecule has 36 heavy (non-hydrogen) atoms. The zero-order valence-electron chi connectivity index (χ0n) is 19.7. The van der Waals surface area contributed by atoms with E-state index in [0.717, 1.165) is 26.4 Å². The first kappa shape index (κ1) is 26.4. The van der Waals surface area contributed by atoms with Gasteiger partial charge in [0.15, 0.2) is 0 Å². The van der Waals surface area contributed by atoms with Gasteiger partial charge in [-0.25, -0.2) is 8.42 Å². The number of carbonyl (C=O) groups is 2. The lowest BCUT2D eigenvalue weighted by Gasteiger charge is -2.33. The molecule has 0 saturated carbocycles. The van der Waals surface area contributed by atoms with Gasteiger partial charge in [-0.2, -0.15) is 0 Å². The van der Waals surface area contributed by atoms with Gasteiger partial charge in [0.1, 0.15) is 10.9 Å². The summed E-state index contributed by atoms with van der Waals surface area (Å²) in [5.74, 6) is -0.696. The van der Waals surface area contributed by atoms with Gasteiger partial charge in [-0.3, -0.25) is 13.9 Å². The second-order valence-electron chi connectivity index (χ2n) is 8.54. The molecule has 0 radical (unpaired) electrons. The molecule has 4 rings (SSSR count). The van der Waals surface area contributed by atoms with E-state index in [-0.39, 0.29) is 16.4 Å². The lowest BCUT2D eigenvalue weighted by molar-refractivity contribution is -0.121. The maximum absolute atomic E-state index is 13.3. The van der Waals surface area contributed by atoms with Gasteiger partial charge < -0.3 is 10.2 Å². The van der Waals surface area contributed by atoms with Crippen LogP contribution in [0.3, 0.4) is 0 Å². The second kappa shape index (κ2) is 10.7. The SMILES string of the molecule is Cc1cc(N2CCCC(NC(=O)c3ccc(Br)c(S(=O)(=O)N(C)c4ccccc4)c3)C2=O)ccc1Br. The molecule has 0 aliphatic carbocycles. The summed E-state index contributed by atoms with van der Waals surface area (Å²) in [5.41, 5.74) is 2.44. The minimum atomic E-state index is -3.95. The van der Waals surface area contributed by atoms with Crippen LogP contribution in [0.2, 0.25) is 0 Å². The zero-order valence-corrected chi connectivity index (χ0v) is 23.7. The number of para-hydroxylation sites is 1. The van der Waals surface area contributed by atoms with Crippen molar-refractivity contribution < 1.29 is 18.0 Å². The molecule has 1 aliphatic heterocycles. The molecule has 1 N–H and O–H groups in total. The molecular weight excluding hydrogens is 610 g/mol. The van der Waals surface area contributed by atoms with E-state index in [1.807, 2.05) is 25.1 Å². The summed E-state index contributed by atoms with van der Waals surface area (Å²) in [6.45, 7) is 2.52. The number of benzene rings is 3. The monoisotopic (exact) mass is 633 g/mol. The largest absolute Gasteiger partial charge is 0.340 e. The van der Waals surface area contributed by atoms with E-state index in [1.54, 1.807) is 35.2 Å². The molecule has 1 unspecified atom stereocenters. The smallest absolute Gasteiger partial charge is 0.265 e. The van der Waals surface area contributed by atoms with Crippen LogP contribution >= 0.6 is 31.9 Å². The summed E-state index contributed by atoms with van der Waals surface area (Å²) >= 11 is 6.78. The molecule has 1 heterocycles. The van der Waals surface area contributed by atoms with Gasteiger partial charge in [-0.05, 0) is 89.8 Å². The summed E-state index contributed by atoms with van der Waals surface area (Å²) in [6, 6.07) is 18.1. The fourth-order valence-electron chi connectivity index (χ4n) is 4.07. The highest BCUT2D eigenvalue weighted by molar-refractivity contribution is 9.10. The first-order valence-corrected chi connectivity index (χ1v) is 14.3. The van der Waals surface area contributed by atoms with Crippen molar-refractivity contribution in [1.29, 1.82) is 0 Å². The molecule has 0 bridgehead atoms. The second-order valence-corrected chi connectivity index (χ2v) is 12.2. The summed E-state index contributed by atoms with van der Waals surface area (Å²) in [4.78, 5) is 28.0. The molecule has 188 valence electrons. The molecule has 3 aromatic carbocycles. The van der Waals surface area contributed by atoms with Gasteiger partial charge in [0.05, 0.1) is 5.69 Å². The standard InChI is InChI=1S/C26H25Br2N3O4S/c1-17-15-20(11-13-21(17)27)31-14-6-9-23(26(31)33)29-25(32)18-10-12-22(28)24(16-18)36(34,35)30(2)19-7-4-3-5-8-19/h3-5,7-8,10-13,15-16,23H,6,9,14H2,1-2H3,(H,29,32). The van der Waals surface area contributed by atoms with Crippen molar-refractivity contribution in [3.05, 3.63) is 86.8 Å². The topological polar surface area (TPSA) is 86.8 Å². The average molecular weight is 635 g/mol. The normalized spacial score (nSPS) is 16.1. The van der Waals surface area contributed by atoms with Crippen LogP contribution in [0.15, 0.2) is 80.6 Å². The van der Waals surface area contributed by atoms with Gasteiger partial charge in [0.2, 0.25) is 5.91 Å². The van der Waals surface area contributed by atoms with Crippen molar-refractivity contribution >= 4 is 65.1 Å². The Hall–Kier alpha value is -2.69. The van der Waals surface area contributed by atoms with Crippen molar-refractivity contribution in [2.75, 3.05) is 22.8 Å². The number of nitrogens with one attached hydrogen (secondary N) is 1. The average Bonchev–Trinajstić information content (AvgIpc) is 2.87. The quantitative estimate of drug-likeness (QED) is 0.400. The van der Waals surface area contributed by atoms with E-state index in [2.05, 4.69) is 37.2 Å². The van der Waals surface area contributed by atoms with E-state index in [4.69, 9.17) is 0 Å². The van der Waals surface area contributed by atoms with Crippen molar-refractivity contribution in [3.8, 4) is 0 Å². The Bertz CT molecular complexity index is 1410. The van der Waals surface area contributed by atoms with Crippen molar-refractivity contribution in [2.45, 2.75) is 30.7 Å². The number of rotatable bonds is 6. The third kappa shape index (κ3) is 5.35. The van der Waals surface area contributed by atoms with Crippen LogP contribution < -0.4 is 14.5 Å². The number of carbonyl (C=O) groups excluding carboxylic acids is 2. The van der Waals surface area contributed by atoms with Crippen molar-refractivity contribution in [3.63, 3.8) is 0 Å². The molecule has 10 heteroatoms. The maximum atomic E-state index is 13.3. The summed E-state index contributed by atoms with van der Waals surface area (Å²) in [5, 5.41) is 2.81.